The van der Waals surface area contributed by atoms with E-state index >= 15 is 0 Å². The number of terminal acetylenes is 1. The molecule has 1 saturated heterocycles. The van der Waals surface area contributed by atoms with Crippen molar-refractivity contribution < 1.29 is 9.53 Å². The van der Waals surface area contributed by atoms with Crippen molar-refractivity contribution >= 4 is 40.0 Å². The molecule has 0 aliphatic carbocycles. The van der Waals surface area contributed by atoms with Gasteiger partial charge in [0.1, 0.15) is 5.65 Å². The van der Waals surface area contributed by atoms with Gasteiger partial charge in [-0.3, -0.25) is 19.1 Å². The maximum absolute atomic E-state index is 12.9. The van der Waals surface area contributed by atoms with Gasteiger partial charge in [0, 0.05) is 76.3 Å². The van der Waals surface area contributed by atoms with Crippen LogP contribution in [0.1, 0.15) is 18.4 Å². The maximum atomic E-state index is 12.9. The molecule has 0 unspecified atom stereocenters. The number of hydrogen-bond donors (Lipinski definition) is 2. The Hall–Kier alpha value is -3.94. The molecule has 1 fully saturated rings. The summed E-state index contributed by atoms with van der Waals surface area (Å²) >= 11 is 0. The second-order valence-electron chi connectivity index (χ2n) is 8.95. The number of piperazine rings is 1. The summed E-state index contributed by atoms with van der Waals surface area (Å²) in [6.45, 7) is 5.54. The van der Waals surface area contributed by atoms with Gasteiger partial charge in [0.2, 0.25) is 11.9 Å². The van der Waals surface area contributed by atoms with Gasteiger partial charge in [-0.25, -0.2) is 4.98 Å². The van der Waals surface area contributed by atoms with Crippen LogP contribution < -0.4 is 21.1 Å². The molecule has 4 bridgehead atoms. The van der Waals surface area contributed by atoms with Crippen LogP contribution in [-0.2, 0) is 16.1 Å². The summed E-state index contributed by atoms with van der Waals surface area (Å²) in [4.78, 5) is 39.4. The van der Waals surface area contributed by atoms with E-state index in [1.54, 1.807) is 17.9 Å². The maximum Gasteiger partial charge on any atom is 0.253 e. The molecule has 2 aromatic heterocycles. The Balaban J connectivity index is 1.48. The highest BCUT2D eigenvalue weighted by Gasteiger charge is 2.21. The van der Waals surface area contributed by atoms with E-state index in [0.29, 0.717) is 35.5 Å². The van der Waals surface area contributed by atoms with Crippen LogP contribution in [-0.4, -0.2) is 71.8 Å². The van der Waals surface area contributed by atoms with Crippen molar-refractivity contribution in [2.45, 2.75) is 19.4 Å². The SMILES string of the molecule is C#Cc1cc(=O)n2c3nc(ncc13)Nc1ccc(N3CCN(CCOC)CC3)c(c1)NC(=O)CCC2. The zero-order valence-corrected chi connectivity index (χ0v) is 20.3. The molecular formula is C26H29N7O3. The van der Waals surface area contributed by atoms with Gasteiger partial charge in [0.15, 0.2) is 0 Å². The van der Waals surface area contributed by atoms with Crippen molar-refractivity contribution in [2.24, 2.45) is 0 Å². The number of hydrogen-bond acceptors (Lipinski definition) is 8. The highest BCUT2D eigenvalue weighted by atomic mass is 16.5. The smallest absolute Gasteiger partial charge is 0.253 e. The lowest BCUT2D eigenvalue weighted by Gasteiger charge is -2.37. The van der Waals surface area contributed by atoms with E-state index in [9.17, 15) is 9.59 Å². The van der Waals surface area contributed by atoms with Crippen molar-refractivity contribution in [3.05, 3.63) is 46.4 Å². The normalized spacial score (nSPS) is 16.4. The molecule has 186 valence electrons. The summed E-state index contributed by atoms with van der Waals surface area (Å²) in [5.74, 6) is 2.79. The number of aromatic nitrogens is 3. The second-order valence-corrected chi connectivity index (χ2v) is 8.95. The molecule has 1 amide bonds. The number of carbonyl (C=O) groups excluding carboxylic acids is 1. The topological polar surface area (TPSA) is 105 Å². The molecular weight excluding hydrogens is 458 g/mol. The molecule has 1 aromatic carbocycles. The molecule has 0 radical (unpaired) electrons. The Labute approximate surface area is 209 Å². The summed E-state index contributed by atoms with van der Waals surface area (Å²) in [5, 5.41) is 6.93. The Morgan fingerprint density at radius 3 is 2.72 bits per heavy atom. The summed E-state index contributed by atoms with van der Waals surface area (Å²) in [6, 6.07) is 7.28. The minimum Gasteiger partial charge on any atom is -0.383 e. The van der Waals surface area contributed by atoms with Gasteiger partial charge in [-0.15, -0.1) is 6.42 Å². The van der Waals surface area contributed by atoms with Gasteiger partial charge in [-0.2, -0.15) is 4.98 Å². The number of ether oxygens (including phenoxy) is 1. The van der Waals surface area contributed by atoms with Gasteiger partial charge in [0.25, 0.3) is 5.56 Å². The van der Waals surface area contributed by atoms with Crippen molar-refractivity contribution in [1.82, 2.24) is 19.4 Å². The molecule has 2 N–H and O–H groups in total. The molecule has 36 heavy (non-hydrogen) atoms. The number of fused-ring (bicyclic) bond motifs is 3. The number of anilines is 4. The summed E-state index contributed by atoms with van der Waals surface area (Å²) < 4.78 is 6.76. The van der Waals surface area contributed by atoms with Crippen LogP contribution in [0.5, 0.6) is 0 Å². The van der Waals surface area contributed by atoms with E-state index in [2.05, 4.69) is 36.3 Å². The fourth-order valence-corrected chi connectivity index (χ4v) is 4.71. The predicted octanol–water partition coefficient (Wildman–Crippen LogP) is 2.02. The van der Waals surface area contributed by atoms with Gasteiger partial charge >= 0.3 is 0 Å². The summed E-state index contributed by atoms with van der Waals surface area (Å²) in [7, 11) is 1.72. The first kappa shape index (κ1) is 23.8. The average Bonchev–Trinajstić information content (AvgIpc) is 2.89. The minimum absolute atomic E-state index is 0.103. The molecule has 2 aliphatic rings. The minimum atomic E-state index is -0.247. The molecule has 0 spiro atoms. The van der Waals surface area contributed by atoms with Crippen molar-refractivity contribution in [1.29, 1.82) is 0 Å². The van der Waals surface area contributed by atoms with Crippen LogP contribution in [0.2, 0.25) is 0 Å². The standard InChI is InChI=1S/C26H29N7O3/c1-3-18-15-24(35)33-8-4-5-23(34)29-21-16-19(28-26-27-17-20(18)25(33)30-26)6-7-22(21)32-11-9-31(10-12-32)13-14-36-2/h1,6-7,15-17H,4-5,8-14H2,2H3,(H,29,34)(H,27,28,30). The van der Waals surface area contributed by atoms with Crippen molar-refractivity contribution in [3.63, 3.8) is 0 Å². The predicted molar refractivity (Wildman–Crippen MR) is 140 cm³/mol. The zero-order valence-electron chi connectivity index (χ0n) is 20.3. The third kappa shape index (κ3) is 4.89. The van der Waals surface area contributed by atoms with E-state index in [1.807, 2.05) is 18.2 Å². The Kier molecular flexibility index (Phi) is 6.84. The molecule has 10 heteroatoms. The van der Waals surface area contributed by atoms with E-state index in [-0.39, 0.29) is 17.9 Å². The monoisotopic (exact) mass is 487 g/mol. The lowest BCUT2D eigenvalue weighted by atomic mass is 10.1. The fourth-order valence-electron chi connectivity index (χ4n) is 4.71. The first-order chi connectivity index (χ1) is 17.6. The lowest BCUT2D eigenvalue weighted by molar-refractivity contribution is -0.116. The fraction of sp³-hybridized carbons (Fsp3) is 0.385. The average molecular weight is 488 g/mol. The summed E-state index contributed by atoms with van der Waals surface area (Å²) in [6.07, 6.45) is 8.00. The zero-order chi connectivity index (χ0) is 25.1. The number of rotatable bonds is 4. The highest BCUT2D eigenvalue weighted by molar-refractivity contribution is 5.95. The van der Waals surface area contributed by atoms with Crippen molar-refractivity contribution in [3.8, 4) is 12.3 Å². The number of pyridine rings is 1. The molecule has 10 nitrogen and oxygen atoms in total. The van der Waals surface area contributed by atoms with Crippen LogP contribution >= 0.6 is 0 Å². The van der Waals surface area contributed by atoms with Gasteiger partial charge in [0.05, 0.1) is 23.4 Å². The van der Waals surface area contributed by atoms with E-state index < -0.39 is 0 Å². The number of nitrogens with one attached hydrogen (secondary N) is 2. The molecule has 0 saturated carbocycles. The Morgan fingerprint density at radius 1 is 1.11 bits per heavy atom. The summed E-state index contributed by atoms with van der Waals surface area (Å²) in [5.41, 5.74) is 3.10. The van der Waals surface area contributed by atoms with Gasteiger partial charge < -0.3 is 20.3 Å². The Morgan fingerprint density at radius 2 is 1.94 bits per heavy atom. The molecule has 4 heterocycles. The quantitative estimate of drug-likeness (QED) is 0.539. The van der Waals surface area contributed by atoms with Crippen LogP contribution in [0.3, 0.4) is 0 Å². The van der Waals surface area contributed by atoms with Crippen molar-refractivity contribution in [2.75, 3.05) is 62.0 Å². The van der Waals surface area contributed by atoms with Crippen LogP contribution in [0.15, 0.2) is 35.3 Å². The molecule has 3 aromatic rings. The molecule has 5 rings (SSSR count). The van der Waals surface area contributed by atoms with Crippen LogP contribution in [0, 0.1) is 12.3 Å². The van der Waals surface area contributed by atoms with Gasteiger partial charge in [-0.05, 0) is 24.6 Å². The number of benzene rings is 1. The van der Waals surface area contributed by atoms with E-state index in [1.165, 1.54) is 6.07 Å². The number of nitrogens with zero attached hydrogens (tertiary/aromatic N) is 5. The van der Waals surface area contributed by atoms with E-state index in [4.69, 9.17) is 11.2 Å². The number of methoxy groups -OCH3 is 1. The molecule has 2 aliphatic heterocycles. The second kappa shape index (κ2) is 10.4. The number of amides is 1. The first-order valence-corrected chi connectivity index (χ1v) is 12.1. The Bertz CT molecular complexity index is 1390. The van der Waals surface area contributed by atoms with Crippen LogP contribution in [0.25, 0.3) is 11.0 Å². The van der Waals surface area contributed by atoms with Gasteiger partial charge in [-0.1, -0.05) is 5.92 Å². The highest BCUT2D eigenvalue weighted by Crippen LogP contribution is 2.32. The largest absolute Gasteiger partial charge is 0.383 e. The lowest BCUT2D eigenvalue weighted by Crippen LogP contribution is -2.47. The number of aryl methyl sites for hydroxylation is 1. The van der Waals surface area contributed by atoms with Crippen LogP contribution in [0.4, 0.5) is 23.0 Å². The first-order valence-electron chi connectivity index (χ1n) is 12.1. The third-order valence-corrected chi connectivity index (χ3v) is 6.64. The third-order valence-electron chi connectivity index (χ3n) is 6.64. The van der Waals surface area contributed by atoms with E-state index in [0.717, 1.165) is 56.4 Å². The number of carbonyl (C=O) groups is 1. The molecule has 0 atom stereocenters.